The molecular formula is C16H20N4. The highest BCUT2D eigenvalue weighted by Crippen LogP contribution is 2.35. The minimum Gasteiger partial charge on any atom is -0.382 e. The van der Waals surface area contributed by atoms with Crippen molar-refractivity contribution in [3.05, 3.63) is 47.3 Å². The van der Waals surface area contributed by atoms with Crippen LogP contribution in [0, 0.1) is 13.8 Å². The summed E-state index contributed by atoms with van der Waals surface area (Å²) in [7, 11) is 0. The Morgan fingerprint density at radius 1 is 1.20 bits per heavy atom. The highest BCUT2D eigenvalue weighted by atomic mass is 15.2. The highest BCUT2D eigenvalue weighted by Gasteiger charge is 2.27. The van der Waals surface area contributed by atoms with Crippen LogP contribution in [0.5, 0.6) is 0 Å². The van der Waals surface area contributed by atoms with Crippen LogP contribution in [0.2, 0.25) is 0 Å². The van der Waals surface area contributed by atoms with Crippen LogP contribution >= 0.6 is 0 Å². The fraction of sp³-hybridized carbons (Fsp3) is 0.375. The van der Waals surface area contributed by atoms with E-state index in [0.29, 0.717) is 11.9 Å². The summed E-state index contributed by atoms with van der Waals surface area (Å²) in [6, 6.07) is 9.14. The van der Waals surface area contributed by atoms with Gasteiger partial charge < -0.3 is 10.6 Å². The molecule has 0 bridgehead atoms. The van der Waals surface area contributed by atoms with E-state index >= 15 is 0 Å². The number of nitrogens with two attached hydrogens (primary N) is 1. The maximum atomic E-state index is 5.89. The second-order valence-corrected chi connectivity index (χ2v) is 5.46. The summed E-state index contributed by atoms with van der Waals surface area (Å²) >= 11 is 0. The smallest absolute Gasteiger partial charge is 0.150 e. The number of nitrogens with zero attached hydrogens (tertiary/aromatic N) is 3. The molecule has 1 fully saturated rings. The van der Waals surface area contributed by atoms with E-state index in [0.717, 1.165) is 24.5 Å². The molecule has 1 unspecified atom stereocenters. The van der Waals surface area contributed by atoms with Gasteiger partial charge in [0.15, 0.2) is 0 Å². The van der Waals surface area contributed by atoms with E-state index in [4.69, 9.17) is 5.73 Å². The van der Waals surface area contributed by atoms with Crippen LogP contribution in [0.15, 0.2) is 30.5 Å². The molecular weight excluding hydrogens is 248 g/mol. The molecule has 104 valence electrons. The third kappa shape index (κ3) is 2.33. The molecule has 0 radical (unpaired) electrons. The van der Waals surface area contributed by atoms with E-state index in [1.807, 2.05) is 13.1 Å². The second kappa shape index (κ2) is 5.12. The predicted molar refractivity (Wildman–Crippen MR) is 81.7 cm³/mol. The van der Waals surface area contributed by atoms with Gasteiger partial charge in [0.25, 0.3) is 0 Å². The van der Waals surface area contributed by atoms with Crippen molar-refractivity contribution < 1.29 is 0 Å². The second-order valence-electron chi connectivity index (χ2n) is 5.46. The lowest BCUT2D eigenvalue weighted by Gasteiger charge is -2.26. The van der Waals surface area contributed by atoms with Crippen LogP contribution in [0.3, 0.4) is 0 Å². The van der Waals surface area contributed by atoms with Gasteiger partial charge in [-0.25, -0.2) is 4.98 Å². The van der Waals surface area contributed by atoms with Crippen LogP contribution in [-0.4, -0.2) is 16.5 Å². The Kier molecular flexibility index (Phi) is 3.30. The summed E-state index contributed by atoms with van der Waals surface area (Å²) < 4.78 is 0. The van der Waals surface area contributed by atoms with Gasteiger partial charge in [0.2, 0.25) is 0 Å². The summed E-state index contributed by atoms with van der Waals surface area (Å²) in [4.78, 5) is 11.1. The first kappa shape index (κ1) is 12.9. The van der Waals surface area contributed by atoms with Gasteiger partial charge in [0.05, 0.1) is 17.9 Å². The highest BCUT2D eigenvalue weighted by molar-refractivity contribution is 5.48. The zero-order valence-corrected chi connectivity index (χ0v) is 12.0. The van der Waals surface area contributed by atoms with E-state index in [1.165, 1.54) is 17.5 Å². The summed E-state index contributed by atoms with van der Waals surface area (Å²) in [6.07, 6.45) is 4.16. The van der Waals surface area contributed by atoms with E-state index in [9.17, 15) is 0 Å². The number of hydrogen-bond donors (Lipinski definition) is 1. The number of aromatic nitrogens is 2. The predicted octanol–water partition coefficient (Wildman–Crippen LogP) is 3.02. The summed E-state index contributed by atoms with van der Waals surface area (Å²) in [5.74, 6) is 1.41. The lowest BCUT2D eigenvalue weighted by atomic mass is 10.0. The quantitative estimate of drug-likeness (QED) is 0.909. The maximum absolute atomic E-state index is 5.89. The van der Waals surface area contributed by atoms with E-state index in [1.54, 1.807) is 0 Å². The summed E-state index contributed by atoms with van der Waals surface area (Å²) in [5.41, 5.74) is 9.31. The number of hydrogen-bond acceptors (Lipinski definition) is 4. The number of rotatable bonds is 2. The molecule has 1 saturated heterocycles. The SMILES string of the molecule is Cc1ccc(C2CCCN2c2cnc(C)c(N)n2)cc1. The summed E-state index contributed by atoms with van der Waals surface area (Å²) in [5, 5.41) is 0. The first-order valence-electron chi connectivity index (χ1n) is 7.07. The molecule has 2 N–H and O–H groups in total. The van der Waals surface area contributed by atoms with Crippen molar-refractivity contribution in [1.82, 2.24) is 9.97 Å². The van der Waals surface area contributed by atoms with Crippen LogP contribution in [-0.2, 0) is 0 Å². The maximum Gasteiger partial charge on any atom is 0.150 e. The van der Waals surface area contributed by atoms with Crippen LogP contribution in [0.25, 0.3) is 0 Å². The largest absolute Gasteiger partial charge is 0.382 e. The summed E-state index contributed by atoms with van der Waals surface area (Å²) in [6.45, 7) is 5.01. The van der Waals surface area contributed by atoms with Gasteiger partial charge in [0, 0.05) is 6.54 Å². The molecule has 1 atom stereocenters. The molecule has 4 nitrogen and oxygen atoms in total. The average Bonchev–Trinajstić information content (AvgIpc) is 2.92. The minimum absolute atomic E-state index is 0.381. The zero-order valence-electron chi connectivity index (χ0n) is 12.0. The average molecular weight is 268 g/mol. The van der Waals surface area contributed by atoms with Crippen molar-refractivity contribution in [2.24, 2.45) is 0 Å². The van der Waals surface area contributed by atoms with Gasteiger partial charge in [-0.3, -0.25) is 4.98 Å². The standard InChI is InChI=1S/C16H20N4/c1-11-5-7-13(8-6-11)14-4-3-9-20(14)15-10-18-12(2)16(17)19-15/h5-8,10,14H,3-4,9H2,1-2H3,(H2,17,19). The Balaban J connectivity index is 1.92. The van der Waals surface area contributed by atoms with Crippen molar-refractivity contribution in [2.45, 2.75) is 32.7 Å². The zero-order chi connectivity index (χ0) is 14.1. The van der Waals surface area contributed by atoms with Crippen molar-refractivity contribution >= 4 is 11.6 Å². The molecule has 0 amide bonds. The van der Waals surface area contributed by atoms with E-state index in [-0.39, 0.29) is 0 Å². The van der Waals surface area contributed by atoms with Gasteiger partial charge in [-0.15, -0.1) is 0 Å². The third-order valence-electron chi connectivity index (χ3n) is 3.99. The molecule has 20 heavy (non-hydrogen) atoms. The fourth-order valence-electron chi connectivity index (χ4n) is 2.77. The lowest BCUT2D eigenvalue weighted by Crippen LogP contribution is -2.24. The van der Waals surface area contributed by atoms with Gasteiger partial charge in [-0.2, -0.15) is 0 Å². The first-order valence-corrected chi connectivity index (χ1v) is 7.07. The Labute approximate surface area is 119 Å². The van der Waals surface area contributed by atoms with Crippen molar-refractivity contribution in [3.8, 4) is 0 Å². The Bertz CT molecular complexity index is 606. The Morgan fingerprint density at radius 2 is 1.95 bits per heavy atom. The molecule has 1 aliphatic rings. The molecule has 0 saturated carbocycles. The Morgan fingerprint density at radius 3 is 2.65 bits per heavy atom. The van der Waals surface area contributed by atoms with Gasteiger partial charge >= 0.3 is 0 Å². The minimum atomic E-state index is 0.381. The lowest BCUT2D eigenvalue weighted by molar-refractivity contribution is 0.710. The van der Waals surface area contributed by atoms with Gasteiger partial charge in [0.1, 0.15) is 11.6 Å². The van der Waals surface area contributed by atoms with Gasteiger partial charge in [-0.05, 0) is 32.3 Å². The Hall–Kier alpha value is -2.10. The third-order valence-corrected chi connectivity index (χ3v) is 3.99. The molecule has 2 aromatic rings. The first-order chi connectivity index (χ1) is 9.65. The van der Waals surface area contributed by atoms with Gasteiger partial charge in [-0.1, -0.05) is 29.8 Å². The van der Waals surface area contributed by atoms with E-state index in [2.05, 4.69) is 46.1 Å². The number of benzene rings is 1. The number of aryl methyl sites for hydroxylation is 2. The molecule has 4 heteroatoms. The molecule has 1 aromatic carbocycles. The number of anilines is 2. The fourth-order valence-corrected chi connectivity index (χ4v) is 2.77. The van der Waals surface area contributed by atoms with Crippen molar-refractivity contribution in [3.63, 3.8) is 0 Å². The topological polar surface area (TPSA) is 55.0 Å². The molecule has 1 aliphatic heterocycles. The molecule has 0 aliphatic carbocycles. The van der Waals surface area contributed by atoms with Crippen molar-refractivity contribution in [2.75, 3.05) is 17.2 Å². The molecule has 2 heterocycles. The number of nitrogen functional groups attached to an aromatic ring is 1. The van der Waals surface area contributed by atoms with E-state index < -0.39 is 0 Å². The molecule has 0 spiro atoms. The molecule has 1 aromatic heterocycles. The monoisotopic (exact) mass is 268 g/mol. The van der Waals surface area contributed by atoms with Crippen LogP contribution in [0.4, 0.5) is 11.6 Å². The van der Waals surface area contributed by atoms with Crippen LogP contribution in [0.1, 0.15) is 35.7 Å². The molecule has 3 rings (SSSR count). The normalized spacial score (nSPS) is 18.5. The van der Waals surface area contributed by atoms with Crippen LogP contribution < -0.4 is 10.6 Å². The van der Waals surface area contributed by atoms with Crippen molar-refractivity contribution in [1.29, 1.82) is 0 Å².